The zero-order valence-corrected chi connectivity index (χ0v) is 19.5. The molecule has 1 N–H and O–H groups in total. The molecule has 7 nitrogen and oxygen atoms in total. The SMILES string of the molecule is CC(C)n1cnnc1SCC(=O)Nc1ccc(N2CCN(Cc3ccccc3)CC2)cc1. The second-order valence-electron chi connectivity index (χ2n) is 8.25. The van der Waals surface area contributed by atoms with Crippen LogP contribution in [-0.2, 0) is 11.3 Å². The number of hydrogen-bond donors (Lipinski definition) is 1. The van der Waals surface area contributed by atoms with Gasteiger partial charge in [-0.25, -0.2) is 0 Å². The third-order valence-corrected chi connectivity index (χ3v) is 6.52. The van der Waals surface area contributed by atoms with E-state index >= 15 is 0 Å². The van der Waals surface area contributed by atoms with E-state index in [1.165, 1.54) is 23.0 Å². The molecule has 0 unspecified atom stereocenters. The van der Waals surface area contributed by atoms with Crippen molar-refractivity contribution in [1.29, 1.82) is 0 Å². The van der Waals surface area contributed by atoms with E-state index < -0.39 is 0 Å². The summed E-state index contributed by atoms with van der Waals surface area (Å²) < 4.78 is 1.96. The van der Waals surface area contributed by atoms with Gasteiger partial charge in [0, 0.05) is 50.1 Å². The Hall–Kier alpha value is -2.84. The molecule has 1 aliphatic rings. The third kappa shape index (κ3) is 5.89. The number of thioether (sulfide) groups is 1. The molecular weight excluding hydrogens is 420 g/mol. The van der Waals surface area contributed by atoms with Gasteiger partial charge in [0.1, 0.15) is 6.33 Å². The van der Waals surface area contributed by atoms with E-state index in [1.54, 1.807) is 6.33 Å². The molecule has 1 amide bonds. The summed E-state index contributed by atoms with van der Waals surface area (Å²) in [7, 11) is 0. The average molecular weight is 451 g/mol. The molecular formula is C24H30N6OS. The lowest BCUT2D eigenvalue weighted by Crippen LogP contribution is -2.45. The first-order valence-corrected chi connectivity index (χ1v) is 12.0. The largest absolute Gasteiger partial charge is 0.369 e. The first-order valence-electron chi connectivity index (χ1n) is 11.0. The Labute approximate surface area is 193 Å². The number of piperazine rings is 1. The van der Waals surface area contributed by atoms with Gasteiger partial charge >= 0.3 is 0 Å². The predicted molar refractivity (Wildman–Crippen MR) is 130 cm³/mol. The van der Waals surface area contributed by atoms with Crippen molar-refractivity contribution in [3.63, 3.8) is 0 Å². The van der Waals surface area contributed by atoms with Gasteiger partial charge in [0.05, 0.1) is 5.75 Å². The van der Waals surface area contributed by atoms with E-state index in [0.29, 0.717) is 5.75 Å². The van der Waals surface area contributed by atoms with Crippen molar-refractivity contribution in [3.8, 4) is 0 Å². The normalized spacial score (nSPS) is 14.7. The Morgan fingerprint density at radius 1 is 1.03 bits per heavy atom. The maximum Gasteiger partial charge on any atom is 0.234 e. The number of carbonyl (C=O) groups excluding carboxylic acids is 1. The Balaban J connectivity index is 1.23. The predicted octanol–water partition coefficient (Wildman–Crippen LogP) is 3.91. The molecule has 1 fully saturated rings. The van der Waals surface area contributed by atoms with E-state index in [2.05, 4.69) is 81.6 Å². The Kier molecular flexibility index (Phi) is 7.44. The van der Waals surface area contributed by atoms with Crippen LogP contribution in [0.2, 0.25) is 0 Å². The van der Waals surface area contributed by atoms with Crippen molar-refractivity contribution in [2.75, 3.05) is 42.1 Å². The summed E-state index contributed by atoms with van der Waals surface area (Å²) in [5.41, 5.74) is 3.37. The fourth-order valence-corrected chi connectivity index (χ4v) is 4.62. The second kappa shape index (κ2) is 10.7. The van der Waals surface area contributed by atoms with E-state index in [9.17, 15) is 4.79 Å². The molecule has 2 aromatic carbocycles. The third-order valence-electron chi connectivity index (χ3n) is 5.57. The number of anilines is 2. The van der Waals surface area contributed by atoms with E-state index in [0.717, 1.165) is 43.6 Å². The molecule has 0 radical (unpaired) electrons. The van der Waals surface area contributed by atoms with Crippen molar-refractivity contribution in [1.82, 2.24) is 19.7 Å². The summed E-state index contributed by atoms with van der Waals surface area (Å²) >= 11 is 1.40. The summed E-state index contributed by atoms with van der Waals surface area (Å²) in [6.45, 7) is 9.25. The van der Waals surface area contributed by atoms with Gasteiger partial charge in [0.25, 0.3) is 0 Å². The molecule has 32 heavy (non-hydrogen) atoms. The summed E-state index contributed by atoms with van der Waals surface area (Å²) in [6, 6.07) is 19.0. The van der Waals surface area contributed by atoms with Crippen LogP contribution in [-0.4, -0.2) is 57.5 Å². The van der Waals surface area contributed by atoms with Crippen LogP contribution < -0.4 is 10.2 Å². The summed E-state index contributed by atoms with van der Waals surface area (Å²) in [6.07, 6.45) is 1.70. The molecule has 1 aromatic heterocycles. The van der Waals surface area contributed by atoms with E-state index in [1.807, 2.05) is 16.7 Å². The molecule has 168 valence electrons. The smallest absolute Gasteiger partial charge is 0.234 e. The zero-order chi connectivity index (χ0) is 22.3. The standard InChI is InChI=1S/C24H30N6OS/c1-19(2)30-18-25-27-24(30)32-17-23(31)26-21-8-10-22(11-9-21)29-14-12-28(13-15-29)16-20-6-4-3-5-7-20/h3-11,18-19H,12-17H2,1-2H3,(H,26,31). The van der Waals surface area contributed by atoms with Gasteiger partial charge in [-0.1, -0.05) is 42.1 Å². The first kappa shape index (κ1) is 22.4. The minimum Gasteiger partial charge on any atom is -0.369 e. The quantitative estimate of drug-likeness (QED) is 0.525. The van der Waals surface area contributed by atoms with Crippen molar-refractivity contribution in [3.05, 3.63) is 66.5 Å². The number of nitrogens with one attached hydrogen (secondary N) is 1. The number of amides is 1. The van der Waals surface area contributed by atoms with Gasteiger partial charge in [-0.2, -0.15) is 0 Å². The fourth-order valence-electron chi connectivity index (χ4n) is 3.78. The monoisotopic (exact) mass is 450 g/mol. The lowest BCUT2D eigenvalue weighted by molar-refractivity contribution is -0.113. The minimum absolute atomic E-state index is 0.0458. The van der Waals surface area contributed by atoms with Gasteiger partial charge in [-0.05, 0) is 43.7 Å². The van der Waals surface area contributed by atoms with Crippen LogP contribution in [0.5, 0.6) is 0 Å². The highest BCUT2D eigenvalue weighted by Crippen LogP contribution is 2.22. The maximum atomic E-state index is 12.4. The molecule has 8 heteroatoms. The van der Waals surface area contributed by atoms with Gasteiger partial charge in [0.15, 0.2) is 5.16 Å². The molecule has 0 bridgehead atoms. The maximum absolute atomic E-state index is 12.4. The summed E-state index contributed by atoms with van der Waals surface area (Å²) in [5, 5.41) is 11.8. The number of hydrogen-bond acceptors (Lipinski definition) is 6. The molecule has 2 heterocycles. The molecule has 0 atom stereocenters. The van der Waals surface area contributed by atoms with Crippen LogP contribution in [0.4, 0.5) is 11.4 Å². The van der Waals surface area contributed by atoms with Crippen molar-refractivity contribution >= 4 is 29.0 Å². The fraction of sp³-hybridized carbons (Fsp3) is 0.375. The van der Waals surface area contributed by atoms with Crippen molar-refractivity contribution in [2.24, 2.45) is 0 Å². The highest BCUT2D eigenvalue weighted by molar-refractivity contribution is 7.99. The van der Waals surface area contributed by atoms with E-state index in [4.69, 9.17) is 0 Å². The molecule has 4 rings (SSSR count). The number of nitrogens with zero attached hydrogens (tertiary/aromatic N) is 5. The lowest BCUT2D eigenvalue weighted by Gasteiger charge is -2.36. The number of aromatic nitrogens is 3. The first-order chi connectivity index (χ1) is 15.6. The lowest BCUT2D eigenvalue weighted by atomic mass is 10.2. The summed E-state index contributed by atoms with van der Waals surface area (Å²) in [5.74, 6) is 0.256. The Morgan fingerprint density at radius 2 is 1.75 bits per heavy atom. The van der Waals surface area contributed by atoms with Crippen molar-refractivity contribution < 1.29 is 4.79 Å². The van der Waals surface area contributed by atoms with Crippen LogP contribution in [0.25, 0.3) is 0 Å². The van der Waals surface area contributed by atoms with Crippen LogP contribution in [0, 0.1) is 0 Å². The second-order valence-corrected chi connectivity index (χ2v) is 9.19. The molecule has 1 aliphatic heterocycles. The minimum atomic E-state index is -0.0458. The molecule has 1 saturated heterocycles. The number of carbonyl (C=O) groups is 1. The highest BCUT2D eigenvalue weighted by Gasteiger charge is 2.17. The Bertz CT molecular complexity index is 997. The zero-order valence-electron chi connectivity index (χ0n) is 18.6. The summed E-state index contributed by atoms with van der Waals surface area (Å²) in [4.78, 5) is 17.3. The van der Waals surface area contributed by atoms with Crippen LogP contribution in [0.1, 0.15) is 25.5 Å². The Morgan fingerprint density at radius 3 is 2.44 bits per heavy atom. The molecule has 3 aromatic rings. The van der Waals surface area contributed by atoms with Gasteiger partial charge in [-0.3, -0.25) is 9.69 Å². The van der Waals surface area contributed by atoms with Crippen molar-refractivity contribution in [2.45, 2.75) is 31.6 Å². The highest BCUT2D eigenvalue weighted by atomic mass is 32.2. The van der Waals surface area contributed by atoms with Crippen LogP contribution in [0.3, 0.4) is 0 Å². The van der Waals surface area contributed by atoms with E-state index in [-0.39, 0.29) is 11.9 Å². The topological polar surface area (TPSA) is 66.3 Å². The van der Waals surface area contributed by atoms with Crippen LogP contribution in [0.15, 0.2) is 66.1 Å². The van der Waals surface area contributed by atoms with Gasteiger partial charge in [0.2, 0.25) is 5.91 Å². The average Bonchev–Trinajstić information content (AvgIpc) is 3.29. The number of benzene rings is 2. The molecule has 0 spiro atoms. The van der Waals surface area contributed by atoms with Gasteiger partial charge < -0.3 is 14.8 Å². The number of rotatable bonds is 8. The molecule has 0 aliphatic carbocycles. The van der Waals surface area contributed by atoms with Gasteiger partial charge in [-0.15, -0.1) is 10.2 Å². The van der Waals surface area contributed by atoms with Crippen LogP contribution >= 0.6 is 11.8 Å². The molecule has 0 saturated carbocycles.